The molecule has 1 aliphatic rings. The lowest BCUT2D eigenvalue weighted by Gasteiger charge is -2.27. The molecule has 0 aliphatic carbocycles. The Labute approximate surface area is 106 Å². The van der Waals surface area contributed by atoms with Gasteiger partial charge in [0.25, 0.3) is 5.91 Å². The van der Waals surface area contributed by atoms with E-state index in [2.05, 4.69) is 5.32 Å². The minimum Gasteiger partial charge on any atom is -0.508 e. The van der Waals surface area contributed by atoms with Crippen LogP contribution in [0, 0.1) is 0 Å². The van der Waals surface area contributed by atoms with Gasteiger partial charge in [0.1, 0.15) is 11.5 Å². The predicted octanol–water partition coefficient (Wildman–Crippen LogP) is 0.922. The highest BCUT2D eigenvalue weighted by Crippen LogP contribution is 2.24. The molecule has 1 amide bonds. The van der Waals surface area contributed by atoms with Gasteiger partial charge in [-0.05, 0) is 38.1 Å². The summed E-state index contributed by atoms with van der Waals surface area (Å²) in [4.78, 5) is 14.1. The van der Waals surface area contributed by atoms with Crippen LogP contribution in [0.2, 0.25) is 0 Å². The number of likely N-dealkylation sites (N-methyl/N-ethyl adjacent to an activating group) is 1. The molecule has 98 valence electrons. The number of benzene rings is 1. The molecule has 1 heterocycles. The summed E-state index contributed by atoms with van der Waals surface area (Å²) in [6.45, 7) is 4.18. The minimum atomic E-state index is -0.236. The molecule has 0 saturated carbocycles. The highest BCUT2D eigenvalue weighted by atomic mass is 16.3. The van der Waals surface area contributed by atoms with E-state index in [-0.39, 0.29) is 29.0 Å². The van der Waals surface area contributed by atoms with Crippen LogP contribution >= 0.6 is 0 Å². The molecule has 5 nitrogen and oxygen atoms in total. The second kappa shape index (κ2) is 5.27. The topological polar surface area (TPSA) is 72.8 Å². The number of carbonyl (C=O) groups excluding carboxylic acids is 1. The van der Waals surface area contributed by atoms with Crippen LogP contribution < -0.4 is 5.32 Å². The van der Waals surface area contributed by atoms with Gasteiger partial charge >= 0.3 is 0 Å². The van der Waals surface area contributed by atoms with Gasteiger partial charge in [0.2, 0.25) is 0 Å². The maximum Gasteiger partial charge on any atom is 0.258 e. The van der Waals surface area contributed by atoms with E-state index in [0.29, 0.717) is 6.54 Å². The predicted molar refractivity (Wildman–Crippen MR) is 67.8 cm³/mol. The molecule has 0 spiro atoms. The first-order valence-electron chi connectivity index (χ1n) is 6.17. The van der Waals surface area contributed by atoms with Crippen LogP contribution in [0.25, 0.3) is 0 Å². The number of phenols is 2. The monoisotopic (exact) mass is 250 g/mol. The molecule has 3 N–H and O–H groups in total. The lowest BCUT2D eigenvalue weighted by Crippen LogP contribution is -2.41. The number of aromatic hydroxyl groups is 2. The highest BCUT2D eigenvalue weighted by molar-refractivity contribution is 5.97. The number of hydrogen-bond acceptors (Lipinski definition) is 4. The standard InChI is InChI=1S/C13H18N2O3/c1-2-15(9-5-6-14-8-9)13(18)11-7-10(16)3-4-12(11)17/h3-4,7,9,14,16-17H,2,5-6,8H2,1H3. The Bertz CT molecular complexity index is 442. The van der Waals surface area contributed by atoms with E-state index < -0.39 is 0 Å². The summed E-state index contributed by atoms with van der Waals surface area (Å²) in [7, 11) is 0. The fourth-order valence-electron chi connectivity index (χ4n) is 2.32. The van der Waals surface area contributed by atoms with E-state index in [9.17, 15) is 15.0 Å². The number of hydrogen-bond donors (Lipinski definition) is 3. The van der Waals surface area contributed by atoms with Crippen molar-refractivity contribution in [3.05, 3.63) is 23.8 Å². The lowest BCUT2D eigenvalue weighted by atomic mass is 10.1. The van der Waals surface area contributed by atoms with E-state index in [4.69, 9.17) is 0 Å². The first-order chi connectivity index (χ1) is 8.63. The maximum absolute atomic E-state index is 12.4. The molecule has 18 heavy (non-hydrogen) atoms. The quantitative estimate of drug-likeness (QED) is 0.698. The lowest BCUT2D eigenvalue weighted by molar-refractivity contribution is 0.0700. The van der Waals surface area contributed by atoms with E-state index in [1.54, 1.807) is 4.90 Å². The molecule has 1 fully saturated rings. The Balaban J connectivity index is 2.25. The molecule has 0 bridgehead atoms. The van der Waals surface area contributed by atoms with Gasteiger partial charge in [0, 0.05) is 19.1 Å². The van der Waals surface area contributed by atoms with Crippen molar-refractivity contribution >= 4 is 5.91 Å². The molecule has 1 aliphatic heterocycles. The Hall–Kier alpha value is -1.75. The van der Waals surface area contributed by atoms with Gasteiger partial charge in [0.15, 0.2) is 0 Å². The van der Waals surface area contributed by atoms with Gasteiger partial charge in [-0.3, -0.25) is 4.79 Å². The van der Waals surface area contributed by atoms with Crippen molar-refractivity contribution in [3.8, 4) is 11.5 Å². The third-order valence-corrected chi connectivity index (χ3v) is 3.29. The molecule has 1 atom stereocenters. The number of rotatable bonds is 3. The van der Waals surface area contributed by atoms with Crippen molar-refractivity contribution in [2.45, 2.75) is 19.4 Å². The summed E-state index contributed by atoms with van der Waals surface area (Å²) >= 11 is 0. The van der Waals surface area contributed by atoms with Gasteiger partial charge in [-0.15, -0.1) is 0 Å². The summed E-state index contributed by atoms with van der Waals surface area (Å²) in [5.74, 6) is -0.349. The van der Waals surface area contributed by atoms with Gasteiger partial charge < -0.3 is 20.4 Å². The number of amides is 1. The third-order valence-electron chi connectivity index (χ3n) is 3.29. The SMILES string of the molecule is CCN(C(=O)c1cc(O)ccc1O)C1CCNC1. The normalized spacial score (nSPS) is 18.8. The number of carbonyl (C=O) groups is 1. The number of phenolic OH excluding ortho intramolecular Hbond substituents is 2. The van der Waals surface area contributed by atoms with E-state index >= 15 is 0 Å². The zero-order valence-corrected chi connectivity index (χ0v) is 10.4. The molecule has 0 aromatic heterocycles. The largest absolute Gasteiger partial charge is 0.508 e. The van der Waals surface area contributed by atoms with Gasteiger partial charge in [-0.25, -0.2) is 0 Å². The van der Waals surface area contributed by atoms with E-state index in [1.165, 1.54) is 18.2 Å². The Morgan fingerprint density at radius 3 is 2.89 bits per heavy atom. The molecule has 1 aromatic rings. The molecule has 2 rings (SSSR count). The summed E-state index contributed by atoms with van der Waals surface area (Å²) < 4.78 is 0. The van der Waals surface area contributed by atoms with Gasteiger partial charge in [0.05, 0.1) is 5.56 Å². The average molecular weight is 250 g/mol. The Morgan fingerprint density at radius 1 is 1.50 bits per heavy atom. The van der Waals surface area contributed by atoms with Crippen LogP contribution in [-0.2, 0) is 0 Å². The van der Waals surface area contributed by atoms with Crippen LogP contribution in [-0.4, -0.2) is 46.7 Å². The average Bonchev–Trinajstić information content (AvgIpc) is 2.87. The molecular weight excluding hydrogens is 232 g/mol. The van der Waals surface area contributed by atoms with Gasteiger partial charge in [-0.1, -0.05) is 0 Å². The van der Waals surface area contributed by atoms with Crippen LogP contribution in [0.4, 0.5) is 0 Å². The highest BCUT2D eigenvalue weighted by Gasteiger charge is 2.27. The summed E-state index contributed by atoms with van der Waals surface area (Å²) in [5.41, 5.74) is 0.156. The van der Waals surface area contributed by atoms with Crippen molar-refractivity contribution in [1.29, 1.82) is 0 Å². The van der Waals surface area contributed by atoms with E-state index in [0.717, 1.165) is 19.5 Å². The number of nitrogens with one attached hydrogen (secondary N) is 1. The van der Waals surface area contributed by atoms with Crippen molar-refractivity contribution in [2.24, 2.45) is 0 Å². The minimum absolute atomic E-state index is 0.0169. The molecule has 0 radical (unpaired) electrons. The van der Waals surface area contributed by atoms with Gasteiger partial charge in [-0.2, -0.15) is 0 Å². The second-order valence-corrected chi connectivity index (χ2v) is 4.44. The van der Waals surface area contributed by atoms with Crippen LogP contribution in [0.3, 0.4) is 0 Å². The molecule has 5 heteroatoms. The first-order valence-corrected chi connectivity index (χ1v) is 6.17. The summed E-state index contributed by atoms with van der Waals surface area (Å²) in [6.07, 6.45) is 0.916. The van der Waals surface area contributed by atoms with Crippen molar-refractivity contribution < 1.29 is 15.0 Å². The number of nitrogens with zero attached hydrogens (tertiary/aromatic N) is 1. The van der Waals surface area contributed by atoms with Crippen LogP contribution in [0.1, 0.15) is 23.7 Å². The second-order valence-electron chi connectivity index (χ2n) is 4.44. The fraction of sp³-hybridized carbons (Fsp3) is 0.462. The zero-order valence-electron chi connectivity index (χ0n) is 10.4. The van der Waals surface area contributed by atoms with Crippen molar-refractivity contribution in [3.63, 3.8) is 0 Å². The summed E-state index contributed by atoms with van der Waals surface area (Å²) in [6, 6.07) is 4.16. The summed E-state index contributed by atoms with van der Waals surface area (Å²) in [5, 5.41) is 22.3. The smallest absolute Gasteiger partial charge is 0.258 e. The van der Waals surface area contributed by atoms with Crippen LogP contribution in [0.15, 0.2) is 18.2 Å². The fourth-order valence-corrected chi connectivity index (χ4v) is 2.32. The molecule has 1 saturated heterocycles. The molecular formula is C13H18N2O3. The van der Waals surface area contributed by atoms with Crippen molar-refractivity contribution in [1.82, 2.24) is 10.2 Å². The molecule has 1 aromatic carbocycles. The van der Waals surface area contributed by atoms with Crippen molar-refractivity contribution in [2.75, 3.05) is 19.6 Å². The van der Waals surface area contributed by atoms with Crippen LogP contribution in [0.5, 0.6) is 11.5 Å². The molecule has 1 unspecified atom stereocenters. The Morgan fingerprint density at radius 2 is 2.28 bits per heavy atom. The first kappa shape index (κ1) is 12.7. The zero-order chi connectivity index (χ0) is 13.1. The Kier molecular flexibility index (Phi) is 3.72. The van der Waals surface area contributed by atoms with E-state index in [1.807, 2.05) is 6.92 Å². The third kappa shape index (κ3) is 2.41. The maximum atomic E-state index is 12.4.